The highest BCUT2D eigenvalue weighted by Crippen LogP contribution is 2.50. The second-order valence-electron chi connectivity index (χ2n) is 12.5. The molecule has 0 spiro atoms. The SMILES string of the molecule is COc1ccc2c(C)cc(N[C@H]3[C@H](C(C)(C)C)[C@@H](C(=O)O)N(C(=O)C4CCCCC4)[C@H]3c3ccccc3)nc2c1. The molecule has 40 heavy (non-hydrogen) atoms. The van der Waals surface area contributed by atoms with E-state index in [0.717, 1.165) is 59.9 Å². The number of aliphatic carboxylic acids is 1. The molecule has 1 saturated carbocycles. The fraction of sp³-hybridized carbons (Fsp3) is 0.485. The van der Waals surface area contributed by atoms with Crippen LogP contribution in [0.1, 0.15) is 70.0 Å². The van der Waals surface area contributed by atoms with Crippen molar-refractivity contribution in [2.75, 3.05) is 12.4 Å². The molecule has 2 heterocycles. The normalized spacial score (nSPS) is 23.8. The number of hydrogen-bond acceptors (Lipinski definition) is 5. The van der Waals surface area contributed by atoms with E-state index < -0.39 is 23.5 Å². The molecule has 2 aromatic carbocycles. The number of fused-ring (bicyclic) bond motifs is 1. The molecule has 1 aliphatic carbocycles. The molecule has 212 valence electrons. The van der Waals surface area contributed by atoms with Crippen LogP contribution in [-0.4, -0.2) is 46.1 Å². The highest BCUT2D eigenvalue weighted by atomic mass is 16.5. The van der Waals surface area contributed by atoms with Gasteiger partial charge >= 0.3 is 5.97 Å². The van der Waals surface area contributed by atoms with Gasteiger partial charge in [0.2, 0.25) is 5.91 Å². The first-order chi connectivity index (χ1) is 19.1. The molecule has 2 aliphatic rings. The quantitative estimate of drug-likeness (QED) is 0.363. The van der Waals surface area contributed by atoms with Gasteiger partial charge in [0.1, 0.15) is 17.6 Å². The van der Waals surface area contributed by atoms with Crippen LogP contribution in [0.3, 0.4) is 0 Å². The molecule has 7 heteroatoms. The van der Waals surface area contributed by atoms with Crippen LogP contribution < -0.4 is 10.1 Å². The Kier molecular flexibility index (Phi) is 7.76. The van der Waals surface area contributed by atoms with E-state index >= 15 is 0 Å². The maximum absolute atomic E-state index is 14.3. The number of aryl methyl sites for hydroxylation is 1. The molecule has 7 nitrogen and oxygen atoms in total. The molecule has 1 amide bonds. The van der Waals surface area contributed by atoms with Gasteiger partial charge in [0.15, 0.2) is 0 Å². The minimum atomic E-state index is -0.959. The Bertz CT molecular complexity index is 1380. The summed E-state index contributed by atoms with van der Waals surface area (Å²) >= 11 is 0. The van der Waals surface area contributed by atoms with Crippen molar-refractivity contribution in [2.45, 2.75) is 77.9 Å². The van der Waals surface area contributed by atoms with Crippen molar-refractivity contribution in [3.8, 4) is 5.75 Å². The van der Waals surface area contributed by atoms with Crippen LogP contribution in [0.5, 0.6) is 5.75 Å². The number of methoxy groups -OCH3 is 1. The number of carbonyl (C=O) groups excluding carboxylic acids is 1. The average molecular weight is 544 g/mol. The van der Waals surface area contributed by atoms with Crippen molar-refractivity contribution in [3.63, 3.8) is 0 Å². The molecular formula is C33H41N3O4. The number of carboxylic acids is 1. The van der Waals surface area contributed by atoms with E-state index in [0.29, 0.717) is 5.82 Å². The predicted octanol–water partition coefficient (Wildman–Crippen LogP) is 6.61. The van der Waals surface area contributed by atoms with Crippen molar-refractivity contribution in [3.05, 3.63) is 65.7 Å². The summed E-state index contributed by atoms with van der Waals surface area (Å²) in [4.78, 5) is 34.0. The predicted molar refractivity (Wildman–Crippen MR) is 157 cm³/mol. The maximum atomic E-state index is 14.3. The molecular weight excluding hydrogens is 502 g/mol. The standard InChI is InChI=1S/C33H41N3O4/c1-20-18-26(34-25-19-23(40-5)16-17-24(20)25)35-28-27(33(2,3)4)30(32(38)39)36(29(28)21-12-8-6-9-13-21)31(37)22-14-10-7-11-15-22/h6,8-9,12-13,16-19,22,27-30H,7,10-11,14-15H2,1-5H3,(H,34,35)(H,38,39)/t27-,28-,29-,30-/m0/s1. The van der Waals surface area contributed by atoms with Gasteiger partial charge in [0.25, 0.3) is 0 Å². The van der Waals surface area contributed by atoms with Gasteiger partial charge in [-0.1, -0.05) is 70.4 Å². The smallest absolute Gasteiger partial charge is 0.326 e. The molecule has 1 aliphatic heterocycles. The zero-order valence-corrected chi connectivity index (χ0v) is 24.2. The number of carboxylic acid groups (broad SMARTS) is 1. The van der Waals surface area contributed by atoms with Crippen LogP contribution >= 0.6 is 0 Å². The number of aromatic nitrogens is 1. The minimum Gasteiger partial charge on any atom is -0.497 e. The third-order valence-corrected chi connectivity index (χ3v) is 8.81. The minimum absolute atomic E-state index is 0.0353. The largest absolute Gasteiger partial charge is 0.497 e. The fourth-order valence-electron chi connectivity index (χ4n) is 6.97. The van der Waals surface area contributed by atoms with Gasteiger partial charge in [-0.05, 0) is 54.5 Å². The van der Waals surface area contributed by atoms with E-state index in [9.17, 15) is 14.7 Å². The lowest BCUT2D eigenvalue weighted by Crippen LogP contribution is -2.49. The summed E-state index contributed by atoms with van der Waals surface area (Å²) in [5.74, 6) is -0.119. The highest BCUT2D eigenvalue weighted by Gasteiger charge is 2.58. The number of likely N-dealkylation sites (tertiary alicyclic amines) is 1. The molecule has 1 aromatic heterocycles. The summed E-state index contributed by atoms with van der Waals surface area (Å²) in [7, 11) is 1.64. The fourth-order valence-corrected chi connectivity index (χ4v) is 6.97. The average Bonchev–Trinajstić information content (AvgIpc) is 3.28. The maximum Gasteiger partial charge on any atom is 0.326 e. The monoisotopic (exact) mass is 543 g/mol. The van der Waals surface area contributed by atoms with Gasteiger partial charge in [-0.2, -0.15) is 0 Å². The molecule has 2 fully saturated rings. The van der Waals surface area contributed by atoms with Crippen molar-refractivity contribution in [1.29, 1.82) is 0 Å². The van der Waals surface area contributed by atoms with Crippen molar-refractivity contribution < 1.29 is 19.4 Å². The Morgan fingerprint density at radius 3 is 2.35 bits per heavy atom. The highest BCUT2D eigenvalue weighted by molar-refractivity contribution is 5.88. The van der Waals surface area contributed by atoms with E-state index in [1.165, 1.54) is 0 Å². The number of carbonyl (C=O) groups is 2. The summed E-state index contributed by atoms with van der Waals surface area (Å²) in [6, 6.07) is 16.0. The third kappa shape index (κ3) is 5.26. The van der Waals surface area contributed by atoms with Crippen LogP contribution in [0.4, 0.5) is 5.82 Å². The second-order valence-corrected chi connectivity index (χ2v) is 12.5. The van der Waals surface area contributed by atoms with E-state index in [2.05, 4.69) is 26.1 Å². The lowest BCUT2D eigenvalue weighted by molar-refractivity contribution is -0.154. The zero-order valence-electron chi connectivity index (χ0n) is 24.2. The Balaban J connectivity index is 1.65. The lowest BCUT2D eigenvalue weighted by Gasteiger charge is -2.36. The van der Waals surface area contributed by atoms with Gasteiger partial charge in [0, 0.05) is 23.3 Å². The Labute approximate surface area is 236 Å². The van der Waals surface area contributed by atoms with Crippen LogP contribution in [0.15, 0.2) is 54.6 Å². The number of amides is 1. The molecule has 3 aromatic rings. The van der Waals surface area contributed by atoms with E-state index in [-0.39, 0.29) is 23.8 Å². The Morgan fingerprint density at radius 2 is 1.73 bits per heavy atom. The molecule has 0 bridgehead atoms. The number of pyridine rings is 1. The number of nitrogens with one attached hydrogen (secondary N) is 1. The van der Waals surface area contributed by atoms with Gasteiger partial charge in [-0.15, -0.1) is 0 Å². The molecule has 2 N–H and O–H groups in total. The van der Waals surface area contributed by atoms with Crippen molar-refractivity contribution in [1.82, 2.24) is 9.88 Å². The lowest BCUT2D eigenvalue weighted by atomic mass is 9.72. The Morgan fingerprint density at radius 1 is 1.02 bits per heavy atom. The van der Waals surface area contributed by atoms with E-state index in [1.807, 2.05) is 61.5 Å². The van der Waals surface area contributed by atoms with Gasteiger partial charge in [-0.25, -0.2) is 9.78 Å². The number of benzene rings is 2. The number of hydrogen-bond donors (Lipinski definition) is 2. The first-order valence-electron chi connectivity index (χ1n) is 14.4. The summed E-state index contributed by atoms with van der Waals surface area (Å²) < 4.78 is 5.44. The van der Waals surface area contributed by atoms with E-state index in [4.69, 9.17) is 9.72 Å². The molecule has 4 atom stereocenters. The molecule has 0 unspecified atom stereocenters. The number of anilines is 1. The van der Waals surface area contributed by atoms with Crippen LogP contribution in [0.25, 0.3) is 10.9 Å². The number of rotatable bonds is 6. The van der Waals surface area contributed by atoms with Crippen molar-refractivity contribution >= 4 is 28.6 Å². The van der Waals surface area contributed by atoms with Crippen LogP contribution in [-0.2, 0) is 9.59 Å². The second kappa shape index (κ2) is 11.1. The molecule has 0 radical (unpaired) electrons. The first-order valence-corrected chi connectivity index (χ1v) is 14.4. The third-order valence-electron chi connectivity index (χ3n) is 8.81. The Hall–Kier alpha value is -3.61. The summed E-state index contributed by atoms with van der Waals surface area (Å²) in [5, 5.41) is 15.4. The zero-order chi connectivity index (χ0) is 28.6. The summed E-state index contributed by atoms with van der Waals surface area (Å²) in [5.41, 5.74) is 2.38. The molecule has 1 saturated heterocycles. The summed E-state index contributed by atoms with van der Waals surface area (Å²) in [6.45, 7) is 8.26. The first kappa shape index (κ1) is 27.9. The number of ether oxygens (including phenoxy) is 1. The van der Waals surface area contributed by atoms with Crippen LogP contribution in [0, 0.1) is 24.2 Å². The van der Waals surface area contributed by atoms with Crippen molar-refractivity contribution in [2.24, 2.45) is 17.3 Å². The van der Waals surface area contributed by atoms with Gasteiger partial charge < -0.3 is 20.1 Å². The summed E-state index contributed by atoms with van der Waals surface area (Å²) in [6.07, 6.45) is 4.77. The number of nitrogens with zero attached hydrogens (tertiary/aromatic N) is 2. The topological polar surface area (TPSA) is 91.8 Å². The van der Waals surface area contributed by atoms with Gasteiger partial charge in [0.05, 0.1) is 24.7 Å². The molecule has 5 rings (SSSR count). The van der Waals surface area contributed by atoms with Crippen LogP contribution in [0.2, 0.25) is 0 Å². The van der Waals surface area contributed by atoms with Gasteiger partial charge in [-0.3, -0.25) is 4.79 Å². The van der Waals surface area contributed by atoms with E-state index in [1.54, 1.807) is 12.0 Å².